The van der Waals surface area contributed by atoms with Crippen molar-refractivity contribution in [3.8, 4) is 28.5 Å². The molecular formula is C32H23N5O5S. The van der Waals surface area contributed by atoms with Crippen LogP contribution in [0.4, 0.5) is 5.69 Å². The number of anilines is 1. The molecular weight excluding hydrogens is 566 g/mol. The molecule has 5 aromatic rings. The molecule has 10 nitrogen and oxygen atoms in total. The van der Waals surface area contributed by atoms with E-state index in [0.29, 0.717) is 45.5 Å². The molecule has 212 valence electrons. The molecule has 2 N–H and O–H groups in total. The standard InChI is InChI=1S/C32H23N5O5S/c1-41-23-13-9-20(10-14-23)28-21(19-36(35-28)31(40)27-8-5-17-33-27)18-26-29(38)34-32(43)37(30(26)39)22-11-15-25(16-12-22)42-24-6-3-2-4-7-24/h2-19,33H,1H3,(H,34,38,43). The molecule has 3 heterocycles. The van der Waals surface area contributed by atoms with Gasteiger partial charge < -0.3 is 14.5 Å². The number of rotatable bonds is 7. The first kappa shape index (κ1) is 27.4. The molecule has 2 aromatic heterocycles. The lowest BCUT2D eigenvalue weighted by atomic mass is 10.0. The van der Waals surface area contributed by atoms with E-state index < -0.39 is 17.7 Å². The summed E-state index contributed by atoms with van der Waals surface area (Å²) >= 11 is 5.37. The van der Waals surface area contributed by atoms with Crippen LogP contribution in [-0.2, 0) is 9.59 Å². The van der Waals surface area contributed by atoms with Crippen molar-refractivity contribution in [1.29, 1.82) is 0 Å². The van der Waals surface area contributed by atoms with Gasteiger partial charge in [-0.1, -0.05) is 18.2 Å². The van der Waals surface area contributed by atoms with E-state index in [2.05, 4.69) is 15.4 Å². The first-order chi connectivity index (χ1) is 20.9. The van der Waals surface area contributed by atoms with Crippen molar-refractivity contribution in [2.24, 2.45) is 0 Å². The summed E-state index contributed by atoms with van der Waals surface area (Å²) in [6.07, 6.45) is 4.51. The number of aromatic amines is 1. The monoisotopic (exact) mass is 589 g/mol. The number of methoxy groups -OCH3 is 1. The molecule has 0 bridgehead atoms. The second kappa shape index (κ2) is 11.6. The van der Waals surface area contributed by atoms with Crippen molar-refractivity contribution in [1.82, 2.24) is 20.1 Å². The van der Waals surface area contributed by atoms with Crippen molar-refractivity contribution in [3.63, 3.8) is 0 Å². The highest BCUT2D eigenvalue weighted by Gasteiger charge is 2.35. The number of para-hydroxylation sites is 1. The molecule has 0 aliphatic carbocycles. The van der Waals surface area contributed by atoms with E-state index in [1.807, 2.05) is 30.3 Å². The van der Waals surface area contributed by atoms with Crippen LogP contribution in [0.25, 0.3) is 17.3 Å². The van der Waals surface area contributed by atoms with Gasteiger partial charge in [-0.05, 0) is 91.1 Å². The molecule has 6 rings (SSSR count). The van der Waals surface area contributed by atoms with Gasteiger partial charge in [0.05, 0.1) is 12.8 Å². The zero-order valence-corrected chi connectivity index (χ0v) is 23.5. The second-order valence-electron chi connectivity index (χ2n) is 9.36. The summed E-state index contributed by atoms with van der Waals surface area (Å²) in [6.45, 7) is 0. The molecule has 1 aliphatic rings. The SMILES string of the molecule is COc1ccc(-c2nn(C(=O)c3ccc[nH]3)cc2C=C2C(=O)NC(=S)N(c3ccc(Oc4ccccc4)cc3)C2=O)cc1. The van der Waals surface area contributed by atoms with Crippen LogP contribution in [0.15, 0.2) is 109 Å². The van der Waals surface area contributed by atoms with Crippen molar-refractivity contribution < 1.29 is 23.9 Å². The van der Waals surface area contributed by atoms with Crippen LogP contribution in [0.3, 0.4) is 0 Å². The van der Waals surface area contributed by atoms with Gasteiger partial charge in [-0.25, -0.2) is 4.68 Å². The molecule has 0 atom stereocenters. The van der Waals surface area contributed by atoms with E-state index in [0.717, 1.165) is 4.68 Å². The van der Waals surface area contributed by atoms with E-state index in [1.54, 1.807) is 74.0 Å². The Bertz CT molecular complexity index is 1860. The minimum absolute atomic E-state index is 0.0585. The summed E-state index contributed by atoms with van der Waals surface area (Å²) in [7, 11) is 1.56. The minimum Gasteiger partial charge on any atom is -0.497 e. The number of carbonyl (C=O) groups is 3. The lowest BCUT2D eigenvalue weighted by molar-refractivity contribution is -0.122. The van der Waals surface area contributed by atoms with Gasteiger partial charge in [-0.15, -0.1) is 0 Å². The van der Waals surface area contributed by atoms with Gasteiger partial charge in [0.25, 0.3) is 17.7 Å². The van der Waals surface area contributed by atoms with Gasteiger partial charge in [0.15, 0.2) is 5.11 Å². The van der Waals surface area contributed by atoms with Crippen LogP contribution in [0, 0.1) is 0 Å². The van der Waals surface area contributed by atoms with Crippen LogP contribution in [0.5, 0.6) is 17.2 Å². The number of thiocarbonyl (C=S) groups is 1. The number of aromatic nitrogens is 3. The molecule has 0 radical (unpaired) electrons. The van der Waals surface area contributed by atoms with Crippen molar-refractivity contribution in [3.05, 3.63) is 120 Å². The van der Waals surface area contributed by atoms with Crippen LogP contribution in [0.2, 0.25) is 0 Å². The van der Waals surface area contributed by atoms with Crippen molar-refractivity contribution in [2.75, 3.05) is 12.0 Å². The molecule has 1 fully saturated rings. The predicted molar refractivity (Wildman–Crippen MR) is 164 cm³/mol. The molecule has 0 saturated carbocycles. The quantitative estimate of drug-likeness (QED) is 0.152. The Balaban J connectivity index is 1.35. The van der Waals surface area contributed by atoms with Crippen LogP contribution in [-0.4, -0.2) is 44.7 Å². The maximum absolute atomic E-state index is 13.7. The van der Waals surface area contributed by atoms with Gasteiger partial charge in [-0.3, -0.25) is 24.6 Å². The molecule has 2 amide bonds. The maximum Gasteiger partial charge on any atom is 0.294 e. The Hall–Kier alpha value is -5.81. The average molecular weight is 590 g/mol. The molecule has 3 aromatic carbocycles. The topological polar surface area (TPSA) is 119 Å². The minimum atomic E-state index is -0.667. The third kappa shape index (κ3) is 5.56. The number of ether oxygens (including phenoxy) is 2. The van der Waals surface area contributed by atoms with Crippen molar-refractivity contribution >= 4 is 46.8 Å². The first-order valence-electron chi connectivity index (χ1n) is 13.1. The van der Waals surface area contributed by atoms with E-state index in [9.17, 15) is 14.4 Å². The summed E-state index contributed by atoms with van der Waals surface area (Å²) in [5.41, 5.74) is 2.00. The number of nitrogens with one attached hydrogen (secondary N) is 2. The fourth-order valence-electron chi connectivity index (χ4n) is 4.49. The fourth-order valence-corrected chi connectivity index (χ4v) is 4.77. The normalized spacial score (nSPS) is 14.1. The number of hydrogen-bond acceptors (Lipinski definition) is 7. The van der Waals surface area contributed by atoms with E-state index in [4.69, 9.17) is 21.7 Å². The zero-order valence-electron chi connectivity index (χ0n) is 22.7. The summed E-state index contributed by atoms with van der Waals surface area (Å²) in [4.78, 5) is 44.0. The van der Waals surface area contributed by atoms with Gasteiger partial charge in [0, 0.05) is 23.5 Å². The van der Waals surface area contributed by atoms with Gasteiger partial charge in [0.2, 0.25) is 0 Å². The van der Waals surface area contributed by atoms with Crippen molar-refractivity contribution in [2.45, 2.75) is 0 Å². The fraction of sp³-hybridized carbons (Fsp3) is 0.0312. The summed E-state index contributed by atoms with van der Waals surface area (Å²) in [6, 6.07) is 26.4. The lowest BCUT2D eigenvalue weighted by Gasteiger charge is -2.29. The number of hydrogen-bond donors (Lipinski definition) is 2. The second-order valence-corrected chi connectivity index (χ2v) is 9.75. The van der Waals surface area contributed by atoms with Gasteiger partial charge in [0.1, 0.15) is 34.2 Å². The van der Waals surface area contributed by atoms with Gasteiger partial charge >= 0.3 is 0 Å². The Labute approximate surface area is 251 Å². The maximum atomic E-state index is 13.7. The Morgan fingerprint density at radius 2 is 1.58 bits per heavy atom. The highest BCUT2D eigenvalue weighted by Crippen LogP contribution is 2.30. The molecule has 11 heteroatoms. The highest BCUT2D eigenvalue weighted by molar-refractivity contribution is 7.80. The van der Waals surface area contributed by atoms with E-state index >= 15 is 0 Å². The predicted octanol–water partition coefficient (Wildman–Crippen LogP) is 5.20. The molecule has 0 spiro atoms. The smallest absolute Gasteiger partial charge is 0.294 e. The number of benzene rings is 3. The Kier molecular flexibility index (Phi) is 7.37. The lowest BCUT2D eigenvalue weighted by Crippen LogP contribution is -2.54. The van der Waals surface area contributed by atoms with E-state index in [1.165, 1.54) is 17.2 Å². The summed E-state index contributed by atoms with van der Waals surface area (Å²) < 4.78 is 12.3. The van der Waals surface area contributed by atoms with E-state index in [-0.39, 0.29) is 10.7 Å². The number of H-pyrrole nitrogens is 1. The van der Waals surface area contributed by atoms with Crippen LogP contribution >= 0.6 is 12.2 Å². The molecule has 1 aliphatic heterocycles. The summed E-state index contributed by atoms with van der Waals surface area (Å²) in [5.74, 6) is 0.156. The number of nitrogens with zero attached hydrogens (tertiary/aromatic N) is 3. The average Bonchev–Trinajstić information content (AvgIpc) is 3.71. The third-order valence-corrected chi connectivity index (χ3v) is 6.90. The zero-order chi connectivity index (χ0) is 29.9. The number of carbonyl (C=O) groups excluding carboxylic acids is 3. The Morgan fingerprint density at radius 1 is 0.884 bits per heavy atom. The van der Waals surface area contributed by atoms with Crippen LogP contribution < -0.4 is 19.7 Å². The Morgan fingerprint density at radius 3 is 2.26 bits per heavy atom. The molecule has 0 unspecified atom stereocenters. The highest BCUT2D eigenvalue weighted by atomic mass is 32.1. The molecule has 43 heavy (non-hydrogen) atoms. The van der Waals surface area contributed by atoms with Crippen LogP contribution in [0.1, 0.15) is 16.1 Å². The van der Waals surface area contributed by atoms with Gasteiger partial charge in [-0.2, -0.15) is 5.10 Å². The number of amides is 2. The molecule has 1 saturated heterocycles. The largest absolute Gasteiger partial charge is 0.497 e. The first-order valence-corrected chi connectivity index (χ1v) is 13.5. The third-order valence-electron chi connectivity index (χ3n) is 6.62. The summed E-state index contributed by atoms with van der Waals surface area (Å²) in [5, 5.41) is 7.04.